The van der Waals surface area contributed by atoms with Gasteiger partial charge in [-0.05, 0) is 37.7 Å². The summed E-state index contributed by atoms with van der Waals surface area (Å²) in [6, 6.07) is 6.28. The maximum atomic E-state index is 5.52. The number of aryl methyl sites for hydroxylation is 2. The minimum atomic E-state index is 0.548. The van der Waals surface area contributed by atoms with Crippen LogP contribution in [-0.4, -0.2) is 16.9 Å². The molecule has 1 aromatic carbocycles. The number of hydrogen-bond donors (Lipinski definition) is 1. The van der Waals surface area contributed by atoms with Crippen LogP contribution in [0.25, 0.3) is 11.3 Å². The molecule has 2 aromatic rings. The second kappa shape index (κ2) is 4.45. The molecule has 0 spiro atoms. The maximum Gasteiger partial charge on any atom is 0.138 e. The van der Waals surface area contributed by atoms with Crippen molar-refractivity contribution < 1.29 is 4.63 Å². The lowest BCUT2D eigenvalue weighted by molar-refractivity contribution is 0.304. The molecule has 1 heterocycles. The van der Waals surface area contributed by atoms with Gasteiger partial charge in [-0.25, -0.2) is 4.63 Å². The van der Waals surface area contributed by atoms with Crippen LogP contribution in [0.1, 0.15) is 16.8 Å². The van der Waals surface area contributed by atoms with E-state index < -0.39 is 0 Å². The van der Waals surface area contributed by atoms with E-state index in [2.05, 4.69) is 42.4 Å². The maximum absolute atomic E-state index is 5.52. The van der Waals surface area contributed by atoms with Crippen LogP contribution in [0.3, 0.4) is 0 Å². The van der Waals surface area contributed by atoms with Crippen LogP contribution < -0.4 is 5.73 Å². The lowest BCUT2D eigenvalue weighted by Gasteiger charge is -2.02. The molecule has 84 valence electrons. The molecule has 0 aliphatic heterocycles. The van der Waals surface area contributed by atoms with Crippen molar-refractivity contribution in [2.45, 2.75) is 20.3 Å². The molecule has 2 N–H and O–H groups in total. The van der Waals surface area contributed by atoms with Gasteiger partial charge in [0.05, 0.1) is 0 Å². The summed E-state index contributed by atoms with van der Waals surface area (Å²) in [5, 5.41) is 7.82. The van der Waals surface area contributed by atoms with Crippen molar-refractivity contribution in [3.8, 4) is 11.3 Å². The summed E-state index contributed by atoms with van der Waals surface area (Å²) in [7, 11) is 0. The van der Waals surface area contributed by atoms with E-state index in [9.17, 15) is 0 Å². The molecule has 4 nitrogen and oxygen atoms in total. The van der Waals surface area contributed by atoms with Crippen molar-refractivity contribution >= 4 is 0 Å². The summed E-state index contributed by atoms with van der Waals surface area (Å²) < 4.78 is 4.78. The Bertz CT molecular complexity index is 471. The van der Waals surface area contributed by atoms with Gasteiger partial charge in [-0.2, -0.15) is 0 Å². The molecular formula is C12H15N3O. The Morgan fingerprint density at radius 2 is 1.81 bits per heavy atom. The average molecular weight is 217 g/mol. The van der Waals surface area contributed by atoms with Crippen LogP contribution in [0.2, 0.25) is 0 Å². The van der Waals surface area contributed by atoms with Gasteiger partial charge in [0.15, 0.2) is 0 Å². The predicted molar refractivity (Wildman–Crippen MR) is 62.0 cm³/mol. The number of aromatic nitrogens is 2. The molecule has 0 saturated heterocycles. The first-order chi connectivity index (χ1) is 7.70. The highest BCUT2D eigenvalue weighted by Gasteiger charge is 2.11. The average Bonchev–Trinajstić information content (AvgIpc) is 2.65. The van der Waals surface area contributed by atoms with E-state index in [1.165, 1.54) is 11.1 Å². The van der Waals surface area contributed by atoms with Crippen LogP contribution in [0.4, 0.5) is 0 Å². The molecule has 16 heavy (non-hydrogen) atoms. The third-order valence-electron chi connectivity index (χ3n) is 2.43. The zero-order chi connectivity index (χ0) is 11.5. The zero-order valence-corrected chi connectivity index (χ0v) is 9.53. The summed E-state index contributed by atoms with van der Waals surface area (Å²) in [5.41, 5.74) is 10.6. The molecule has 0 atom stereocenters. The molecule has 4 heteroatoms. The van der Waals surface area contributed by atoms with E-state index in [1.54, 1.807) is 0 Å². The highest BCUT2D eigenvalue weighted by molar-refractivity contribution is 5.62. The van der Waals surface area contributed by atoms with E-state index in [4.69, 9.17) is 10.4 Å². The van der Waals surface area contributed by atoms with Gasteiger partial charge in [0.25, 0.3) is 0 Å². The fourth-order valence-corrected chi connectivity index (χ4v) is 1.84. The third kappa shape index (κ3) is 2.12. The molecule has 1 aromatic heterocycles. The largest absolute Gasteiger partial charge is 0.330 e. The molecule has 0 unspecified atom stereocenters. The minimum absolute atomic E-state index is 0.548. The Hall–Kier alpha value is -1.68. The first kappa shape index (κ1) is 10.8. The van der Waals surface area contributed by atoms with Crippen molar-refractivity contribution in [3.05, 3.63) is 35.0 Å². The first-order valence-corrected chi connectivity index (χ1v) is 5.31. The Morgan fingerprint density at radius 3 is 2.44 bits per heavy atom. The van der Waals surface area contributed by atoms with Gasteiger partial charge in [-0.1, -0.05) is 22.3 Å². The topological polar surface area (TPSA) is 64.9 Å². The Balaban J connectivity index is 2.45. The quantitative estimate of drug-likeness (QED) is 0.852. The van der Waals surface area contributed by atoms with Crippen molar-refractivity contribution in [2.75, 3.05) is 6.54 Å². The fourth-order valence-electron chi connectivity index (χ4n) is 1.84. The SMILES string of the molecule is Cc1cc(C)cc(-c2nonc2CCN)c1. The second-order valence-electron chi connectivity index (χ2n) is 3.97. The van der Waals surface area contributed by atoms with Gasteiger partial charge in [0.2, 0.25) is 0 Å². The zero-order valence-electron chi connectivity index (χ0n) is 9.53. The van der Waals surface area contributed by atoms with Crippen molar-refractivity contribution in [2.24, 2.45) is 5.73 Å². The molecule has 0 amide bonds. The number of nitrogens with zero attached hydrogens (tertiary/aromatic N) is 2. The number of rotatable bonds is 3. The van der Waals surface area contributed by atoms with Crippen LogP contribution in [0, 0.1) is 13.8 Å². The lowest BCUT2D eigenvalue weighted by Crippen LogP contribution is -2.04. The van der Waals surface area contributed by atoms with Gasteiger partial charge in [0.1, 0.15) is 11.4 Å². The van der Waals surface area contributed by atoms with Gasteiger partial charge in [0, 0.05) is 12.0 Å². The lowest BCUT2D eigenvalue weighted by atomic mass is 10.0. The predicted octanol–water partition coefficient (Wildman–Crippen LogP) is 1.85. The molecule has 0 bridgehead atoms. The van der Waals surface area contributed by atoms with E-state index >= 15 is 0 Å². The summed E-state index contributed by atoms with van der Waals surface area (Å²) in [5.74, 6) is 0. The van der Waals surface area contributed by atoms with Gasteiger partial charge >= 0.3 is 0 Å². The summed E-state index contributed by atoms with van der Waals surface area (Å²) in [4.78, 5) is 0. The van der Waals surface area contributed by atoms with Gasteiger partial charge in [-0.15, -0.1) is 0 Å². The highest BCUT2D eigenvalue weighted by Crippen LogP contribution is 2.23. The fraction of sp³-hybridized carbons (Fsp3) is 0.333. The summed E-state index contributed by atoms with van der Waals surface area (Å²) >= 11 is 0. The minimum Gasteiger partial charge on any atom is -0.330 e. The summed E-state index contributed by atoms with van der Waals surface area (Å²) in [6.45, 7) is 4.67. The summed E-state index contributed by atoms with van der Waals surface area (Å²) in [6.07, 6.45) is 0.686. The molecule has 0 saturated carbocycles. The monoisotopic (exact) mass is 217 g/mol. The van der Waals surface area contributed by atoms with Gasteiger partial charge in [-0.3, -0.25) is 0 Å². The third-order valence-corrected chi connectivity index (χ3v) is 2.43. The second-order valence-corrected chi connectivity index (χ2v) is 3.97. The highest BCUT2D eigenvalue weighted by atomic mass is 16.6. The van der Waals surface area contributed by atoms with Crippen molar-refractivity contribution in [1.82, 2.24) is 10.3 Å². The smallest absolute Gasteiger partial charge is 0.138 e. The first-order valence-electron chi connectivity index (χ1n) is 5.31. The van der Waals surface area contributed by atoms with E-state index in [-0.39, 0.29) is 0 Å². The van der Waals surface area contributed by atoms with Gasteiger partial charge < -0.3 is 5.73 Å². The molecule has 0 aliphatic carbocycles. The Morgan fingerprint density at radius 1 is 1.12 bits per heavy atom. The number of nitrogens with two attached hydrogens (primary N) is 1. The molecule has 2 rings (SSSR count). The number of benzene rings is 1. The van der Waals surface area contributed by atoms with Crippen LogP contribution >= 0.6 is 0 Å². The Labute approximate surface area is 94.4 Å². The standard InChI is InChI=1S/C12H15N3O/c1-8-5-9(2)7-10(6-8)12-11(3-4-13)14-16-15-12/h5-7H,3-4,13H2,1-2H3. The molecule has 0 aliphatic rings. The molecular weight excluding hydrogens is 202 g/mol. The van der Waals surface area contributed by atoms with Crippen LogP contribution in [0.15, 0.2) is 22.8 Å². The van der Waals surface area contributed by atoms with Crippen LogP contribution in [-0.2, 0) is 6.42 Å². The normalized spacial score (nSPS) is 10.7. The van der Waals surface area contributed by atoms with Crippen molar-refractivity contribution in [1.29, 1.82) is 0 Å². The van der Waals surface area contributed by atoms with Crippen LogP contribution in [0.5, 0.6) is 0 Å². The van der Waals surface area contributed by atoms with E-state index in [0.717, 1.165) is 17.0 Å². The molecule has 0 radical (unpaired) electrons. The Kier molecular flexibility index (Phi) is 3.01. The van der Waals surface area contributed by atoms with E-state index in [1.807, 2.05) is 0 Å². The molecule has 0 fully saturated rings. The van der Waals surface area contributed by atoms with Crippen molar-refractivity contribution in [3.63, 3.8) is 0 Å². The van der Waals surface area contributed by atoms with E-state index in [0.29, 0.717) is 13.0 Å². The number of hydrogen-bond acceptors (Lipinski definition) is 4.